The number of imide groups is 2. The number of carbonyl (C=O) groups is 3. The Kier molecular flexibility index (Phi) is 2.87. The number of carbonyl (C=O) groups excluding carboxylic acids is 3. The summed E-state index contributed by atoms with van der Waals surface area (Å²) in [4.78, 5) is 33.3. The minimum Gasteiger partial charge on any atom is -0.465 e. The molecule has 6 heteroatoms. The second kappa shape index (κ2) is 4.48. The minimum absolute atomic E-state index is 0.132. The van der Waals surface area contributed by atoms with Gasteiger partial charge < -0.3 is 4.42 Å². The highest BCUT2D eigenvalue weighted by Crippen LogP contribution is 2.05. The SMILES string of the molecule is O=C1NC(=O)C(=C/C=C/c2ccco2)C(=O)N1. The lowest BCUT2D eigenvalue weighted by Gasteiger charge is -2.12. The molecular formula is C11H8N2O4. The molecule has 0 spiro atoms. The maximum atomic E-state index is 11.3. The van der Waals surface area contributed by atoms with Gasteiger partial charge in [-0.15, -0.1) is 0 Å². The summed E-state index contributed by atoms with van der Waals surface area (Å²) in [6.45, 7) is 0. The van der Waals surface area contributed by atoms with Crippen molar-refractivity contribution in [3.63, 3.8) is 0 Å². The second-order valence-corrected chi connectivity index (χ2v) is 3.19. The van der Waals surface area contributed by atoms with Crippen molar-refractivity contribution in [2.24, 2.45) is 0 Å². The lowest BCUT2D eigenvalue weighted by Crippen LogP contribution is -2.51. The first kappa shape index (κ1) is 10.9. The number of allylic oxidation sites excluding steroid dienone is 2. The van der Waals surface area contributed by atoms with Gasteiger partial charge in [0.15, 0.2) is 0 Å². The zero-order chi connectivity index (χ0) is 12.3. The van der Waals surface area contributed by atoms with Crippen molar-refractivity contribution in [2.45, 2.75) is 0 Å². The number of amides is 4. The van der Waals surface area contributed by atoms with Gasteiger partial charge in [0.25, 0.3) is 11.8 Å². The summed E-state index contributed by atoms with van der Waals surface area (Å²) in [5, 5.41) is 3.94. The van der Waals surface area contributed by atoms with Crippen LogP contribution >= 0.6 is 0 Å². The molecule has 2 rings (SSSR count). The van der Waals surface area contributed by atoms with Gasteiger partial charge in [0, 0.05) is 0 Å². The van der Waals surface area contributed by atoms with Crippen LogP contribution < -0.4 is 10.6 Å². The quantitative estimate of drug-likeness (QED) is 0.576. The Balaban J connectivity index is 2.13. The van der Waals surface area contributed by atoms with E-state index >= 15 is 0 Å². The van der Waals surface area contributed by atoms with E-state index in [9.17, 15) is 14.4 Å². The Hall–Kier alpha value is -2.63. The molecule has 0 bridgehead atoms. The molecule has 2 heterocycles. The fourth-order valence-electron chi connectivity index (χ4n) is 1.25. The molecule has 1 aliphatic heterocycles. The molecular weight excluding hydrogens is 224 g/mol. The van der Waals surface area contributed by atoms with E-state index in [0.29, 0.717) is 5.76 Å². The van der Waals surface area contributed by atoms with Crippen LogP contribution in [0.1, 0.15) is 5.76 Å². The number of urea groups is 1. The van der Waals surface area contributed by atoms with E-state index in [1.807, 2.05) is 10.6 Å². The molecule has 1 fully saturated rings. The van der Waals surface area contributed by atoms with Gasteiger partial charge in [0.05, 0.1) is 6.26 Å². The van der Waals surface area contributed by atoms with Crippen molar-refractivity contribution in [3.05, 3.63) is 41.9 Å². The Bertz CT molecular complexity index is 504. The van der Waals surface area contributed by atoms with Crippen LogP contribution in [0.4, 0.5) is 4.79 Å². The maximum absolute atomic E-state index is 11.3. The fourth-order valence-corrected chi connectivity index (χ4v) is 1.25. The van der Waals surface area contributed by atoms with E-state index in [4.69, 9.17) is 4.42 Å². The number of furan rings is 1. The largest absolute Gasteiger partial charge is 0.465 e. The van der Waals surface area contributed by atoms with Crippen LogP contribution in [-0.2, 0) is 9.59 Å². The van der Waals surface area contributed by atoms with Crippen molar-refractivity contribution in [1.82, 2.24) is 10.6 Å². The van der Waals surface area contributed by atoms with Crippen LogP contribution in [0.2, 0.25) is 0 Å². The van der Waals surface area contributed by atoms with Gasteiger partial charge in [0.1, 0.15) is 11.3 Å². The lowest BCUT2D eigenvalue weighted by molar-refractivity contribution is -0.124. The smallest absolute Gasteiger partial charge is 0.328 e. The van der Waals surface area contributed by atoms with Crippen molar-refractivity contribution in [3.8, 4) is 0 Å². The van der Waals surface area contributed by atoms with Crippen molar-refractivity contribution < 1.29 is 18.8 Å². The Labute approximate surface area is 96.0 Å². The molecule has 1 aromatic heterocycles. The number of barbiturate groups is 1. The first-order valence-corrected chi connectivity index (χ1v) is 4.75. The Morgan fingerprint density at radius 1 is 1.12 bits per heavy atom. The van der Waals surface area contributed by atoms with Gasteiger partial charge >= 0.3 is 6.03 Å². The average molecular weight is 232 g/mol. The summed E-state index contributed by atoms with van der Waals surface area (Å²) in [6.07, 6.45) is 5.89. The number of hydrogen-bond donors (Lipinski definition) is 2. The third kappa shape index (κ3) is 2.49. The molecule has 0 unspecified atom stereocenters. The summed E-state index contributed by atoms with van der Waals surface area (Å²) in [5.41, 5.74) is -0.132. The second-order valence-electron chi connectivity index (χ2n) is 3.19. The first-order chi connectivity index (χ1) is 8.16. The van der Waals surface area contributed by atoms with Crippen LogP contribution in [0.5, 0.6) is 0 Å². The van der Waals surface area contributed by atoms with E-state index in [1.54, 1.807) is 18.2 Å². The highest BCUT2D eigenvalue weighted by molar-refractivity contribution is 6.29. The molecule has 2 N–H and O–H groups in total. The number of nitrogens with one attached hydrogen (secondary N) is 2. The molecule has 6 nitrogen and oxygen atoms in total. The lowest BCUT2D eigenvalue weighted by atomic mass is 10.2. The van der Waals surface area contributed by atoms with Gasteiger partial charge in [-0.25, -0.2) is 4.79 Å². The van der Waals surface area contributed by atoms with Gasteiger partial charge in [-0.05, 0) is 24.3 Å². The topological polar surface area (TPSA) is 88.4 Å². The molecule has 0 radical (unpaired) electrons. The van der Waals surface area contributed by atoms with Crippen LogP contribution in [-0.4, -0.2) is 17.8 Å². The Morgan fingerprint density at radius 3 is 2.41 bits per heavy atom. The van der Waals surface area contributed by atoms with E-state index in [0.717, 1.165) is 0 Å². The third-order valence-electron chi connectivity index (χ3n) is 2.01. The monoisotopic (exact) mass is 232 g/mol. The Morgan fingerprint density at radius 2 is 1.82 bits per heavy atom. The molecule has 0 aromatic carbocycles. The van der Waals surface area contributed by atoms with Gasteiger partial charge in [-0.1, -0.05) is 6.08 Å². The van der Waals surface area contributed by atoms with Crippen LogP contribution in [0.15, 0.2) is 40.5 Å². The molecule has 1 saturated heterocycles. The van der Waals surface area contributed by atoms with Gasteiger partial charge in [0.2, 0.25) is 0 Å². The van der Waals surface area contributed by atoms with Crippen LogP contribution in [0, 0.1) is 0 Å². The van der Waals surface area contributed by atoms with Crippen molar-refractivity contribution in [1.29, 1.82) is 0 Å². The third-order valence-corrected chi connectivity index (χ3v) is 2.01. The average Bonchev–Trinajstić information content (AvgIpc) is 2.74. The van der Waals surface area contributed by atoms with E-state index < -0.39 is 17.8 Å². The molecule has 4 amide bonds. The summed E-state index contributed by atoms with van der Waals surface area (Å²) in [7, 11) is 0. The summed E-state index contributed by atoms with van der Waals surface area (Å²) in [6, 6.07) is 2.62. The summed E-state index contributed by atoms with van der Waals surface area (Å²) < 4.78 is 5.02. The van der Waals surface area contributed by atoms with E-state index in [-0.39, 0.29) is 5.57 Å². The standard InChI is InChI=1S/C11H8N2O4/c14-9-8(10(15)13-11(16)12-9)5-1-3-7-4-2-6-17-7/h1-6H,(H2,12,13,14,15,16)/b3-1+. The highest BCUT2D eigenvalue weighted by Gasteiger charge is 2.26. The predicted molar refractivity (Wildman–Crippen MR) is 57.5 cm³/mol. The van der Waals surface area contributed by atoms with Crippen molar-refractivity contribution >= 4 is 23.9 Å². The highest BCUT2D eigenvalue weighted by atomic mass is 16.3. The van der Waals surface area contributed by atoms with E-state index in [1.165, 1.54) is 18.4 Å². The van der Waals surface area contributed by atoms with Crippen molar-refractivity contribution in [2.75, 3.05) is 0 Å². The fraction of sp³-hybridized carbons (Fsp3) is 0. The first-order valence-electron chi connectivity index (χ1n) is 4.75. The molecule has 0 aliphatic carbocycles. The zero-order valence-electron chi connectivity index (χ0n) is 8.60. The summed E-state index contributed by atoms with van der Waals surface area (Å²) >= 11 is 0. The predicted octanol–water partition coefficient (Wildman–Crippen LogP) is 0.585. The maximum Gasteiger partial charge on any atom is 0.328 e. The molecule has 1 aromatic rings. The molecule has 1 aliphatic rings. The van der Waals surface area contributed by atoms with Gasteiger partial charge in [-0.3, -0.25) is 20.2 Å². The molecule has 86 valence electrons. The number of hydrogen-bond acceptors (Lipinski definition) is 4. The summed E-state index contributed by atoms with van der Waals surface area (Å²) in [5.74, 6) is -0.847. The number of rotatable bonds is 2. The molecule has 0 saturated carbocycles. The van der Waals surface area contributed by atoms with E-state index in [2.05, 4.69) is 0 Å². The van der Waals surface area contributed by atoms with Gasteiger partial charge in [-0.2, -0.15) is 0 Å². The van der Waals surface area contributed by atoms with Crippen LogP contribution in [0.3, 0.4) is 0 Å². The molecule has 0 atom stereocenters. The minimum atomic E-state index is -0.813. The van der Waals surface area contributed by atoms with Crippen LogP contribution in [0.25, 0.3) is 6.08 Å². The zero-order valence-corrected chi connectivity index (χ0v) is 8.60. The normalized spacial score (nSPS) is 16.0. The molecule has 17 heavy (non-hydrogen) atoms.